The van der Waals surface area contributed by atoms with Crippen LogP contribution >= 0.6 is 0 Å². The lowest BCUT2D eigenvalue weighted by atomic mass is 10.1. The molecule has 22 heavy (non-hydrogen) atoms. The first-order valence-corrected chi connectivity index (χ1v) is 6.70. The number of aromatic amines is 1. The van der Waals surface area contributed by atoms with Crippen LogP contribution in [-0.2, 0) is 0 Å². The number of aromatic carboxylic acids is 1. The van der Waals surface area contributed by atoms with E-state index in [0.717, 1.165) is 5.69 Å². The zero-order chi connectivity index (χ0) is 16.3. The first-order chi connectivity index (χ1) is 10.4. The van der Waals surface area contributed by atoms with E-state index in [-0.39, 0.29) is 28.8 Å². The fourth-order valence-corrected chi connectivity index (χ4v) is 1.89. The van der Waals surface area contributed by atoms with E-state index < -0.39 is 5.97 Å². The second-order valence-corrected chi connectivity index (χ2v) is 5.04. The van der Waals surface area contributed by atoms with E-state index in [4.69, 9.17) is 9.84 Å². The minimum Gasteiger partial charge on any atom is -0.496 e. The highest BCUT2D eigenvalue weighted by Gasteiger charge is 2.15. The van der Waals surface area contributed by atoms with Crippen molar-refractivity contribution < 1.29 is 19.4 Å². The third kappa shape index (κ3) is 3.25. The fraction of sp³-hybridized carbons (Fsp3) is 0.267. The topological polar surface area (TPSA) is 104 Å². The van der Waals surface area contributed by atoms with Crippen molar-refractivity contribution in [2.45, 2.75) is 19.8 Å². The van der Waals surface area contributed by atoms with Crippen LogP contribution in [0.25, 0.3) is 0 Å². The van der Waals surface area contributed by atoms with Crippen molar-refractivity contribution in [3.05, 3.63) is 41.2 Å². The molecule has 0 fully saturated rings. The van der Waals surface area contributed by atoms with Crippen LogP contribution in [0.1, 0.15) is 46.3 Å². The van der Waals surface area contributed by atoms with Gasteiger partial charge in [0.25, 0.3) is 5.91 Å². The number of nitrogens with one attached hydrogen (secondary N) is 2. The molecule has 3 N–H and O–H groups in total. The molecule has 0 aliphatic heterocycles. The smallest absolute Gasteiger partial charge is 0.339 e. The van der Waals surface area contributed by atoms with Gasteiger partial charge in [-0.25, -0.2) is 4.79 Å². The Morgan fingerprint density at radius 2 is 2.05 bits per heavy atom. The van der Waals surface area contributed by atoms with Gasteiger partial charge in [-0.15, -0.1) is 0 Å². The van der Waals surface area contributed by atoms with Crippen LogP contribution in [0.2, 0.25) is 0 Å². The lowest BCUT2D eigenvalue weighted by Crippen LogP contribution is -2.13. The standard InChI is InChI=1S/C15H17N3O4/c1-8(2)11-7-12(18-17-11)14(19)16-9-4-5-10(15(20)21)13(6-9)22-3/h4-8H,1-3H3,(H,16,19)(H,17,18)(H,20,21). The number of methoxy groups -OCH3 is 1. The van der Waals surface area contributed by atoms with Crippen molar-refractivity contribution >= 4 is 17.6 Å². The fourth-order valence-electron chi connectivity index (χ4n) is 1.89. The molecular weight excluding hydrogens is 286 g/mol. The third-order valence-electron chi connectivity index (χ3n) is 3.14. The van der Waals surface area contributed by atoms with Gasteiger partial charge in [0, 0.05) is 17.4 Å². The van der Waals surface area contributed by atoms with Gasteiger partial charge in [0.05, 0.1) is 7.11 Å². The lowest BCUT2D eigenvalue weighted by molar-refractivity contribution is 0.0693. The number of carbonyl (C=O) groups excluding carboxylic acids is 1. The Morgan fingerprint density at radius 3 is 2.59 bits per heavy atom. The molecule has 0 unspecified atom stereocenters. The number of amides is 1. The Balaban J connectivity index is 2.19. The zero-order valence-corrected chi connectivity index (χ0v) is 12.5. The number of carboxylic acid groups (broad SMARTS) is 1. The van der Waals surface area contributed by atoms with Gasteiger partial charge in [-0.05, 0) is 24.1 Å². The maximum absolute atomic E-state index is 12.1. The number of hydrogen-bond acceptors (Lipinski definition) is 4. The summed E-state index contributed by atoms with van der Waals surface area (Å²) in [5.41, 5.74) is 1.59. The number of anilines is 1. The molecule has 0 atom stereocenters. The molecule has 1 heterocycles. The molecule has 0 bridgehead atoms. The molecule has 0 saturated heterocycles. The summed E-state index contributed by atoms with van der Waals surface area (Å²) >= 11 is 0. The second kappa shape index (κ2) is 6.30. The monoisotopic (exact) mass is 303 g/mol. The molecule has 7 heteroatoms. The third-order valence-corrected chi connectivity index (χ3v) is 3.14. The van der Waals surface area contributed by atoms with Gasteiger partial charge >= 0.3 is 5.97 Å². The molecule has 1 aromatic carbocycles. The van der Waals surface area contributed by atoms with Gasteiger partial charge in [-0.3, -0.25) is 9.89 Å². The Hall–Kier alpha value is -2.83. The number of rotatable bonds is 5. The summed E-state index contributed by atoms with van der Waals surface area (Å²) in [6, 6.07) is 6.01. The molecule has 2 rings (SSSR count). The van der Waals surface area contributed by atoms with E-state index in [9.17, 15) is 9.59 Å². The van der Waals surface area contributed by atoms with Gasteiger partial charge in [0.1, 0.15) is 11.3 Å². The summed E-state index contributed by atoms with van der Waals surface area (Å²) in [7, 11) is 1.37. The Kier molecular flexibility index (Phi) is 4.45. The molecule has 1 amide bonds. The molecule has 0 aliphatic carbocycles. The quantitative estimate of drug-likeness (QED) is 0.787. The minimum absolute atomic E-state index is 0.0300. The molecule has 0 saturated carbocycles. The van der Waals surface area contributed by atoms with E-state index >= 15 is 0 Å². The largest absolute Gasteiger partial charge is 0.496 e. The molecule has 0 aliphatic rings. The summed E-state index contributed by atoms with van der Waals surface area (Å²) in [4.78, 5) is 23.1. The second-order valence-electron chi connectivity index (χ2n) is 5.04. The zero-order valence-electron chi connectivity index (χ0n) is 12.5. The predicted octanol–water partition coefficient (Wildman–Crippen LogP) is 2.49. The summed E-state index contributed by atoms with van der Waals surface area (Å²) in [6.45, 7) is 3.98. The van der Waals surface area contributed by atoms with Crippen LogP contribution < -0.4 is 10.1 Å². The average molecular weight is 303 g/mol. The van der Waals surface area contributed by atoms with Crippen molar-refractivity contribution in [1.29, 1.82) is 0 Å². The van der Waals surface area contributed by atoms with Gasteiger partial charge in [0.2, 0.25) is 0 Å². The number of ether oxygens (including phenoxy) is 1. The van der Waals surface area contributed by atoms with Crippen molar-refractivity contribution in [3.63, 3.8) is 0 Å². The van der Waals surface area contributed by atoms with E-state index in [2.05, 4.69) is 15.5 Å². The van der Waals surface area contributed by atoms with Gasteiger partial charge in [-0.1, -0.05) is 13.8 Å². The van der Waals surface area contributed by atoms with E-state index in [1.165, 1.54) is 25.3 Å². The number of carboxylic acids is 1. The predicted molar refractivity (Wildman–Crippen MR) is 80.6 cm³/mol. The highest BCUT2D eigenvalue weighted by atomic mass is 16.5. The first-order valence-electron chi connectivity index (χ1n) is 6.70. The van der Waals surface area contributed by atoms with E-state index in [1.807, 2.05) is 13.8 Å². The van der Waals surface area contributed by atoms with Gasteiger partial charge < -0.3 is 15.2 Å². The Bertz CT molecular complexity index is 707. The minimum atomic E-state index is -1.09. The number of benzene rings is 1. The molecular formula is C15H17N3O4. The van der Waals surface area contributed by atoms with Crippen LogP contribution in [0.3, 0.4) is 0 Å². The number of nitrogens with zero attached hydrogens (tertiary/aromatic N) is 1. The van der Waals surface area contributed by atoms with Gasteiger partial charge in [0.15, 0.2) is 5.69 Å². The molecule has 0 spiro atoms. The number of aromatic nitrogens is 2. The van der Waals surface area contributed by atoms with Crippen LogP contribution in [0.15, 0.2) is 24.3 Å². The molecule has 0 radical (unpaired) electrons. The van der Waals surface area contributed by atoms with E-state index in [0.29, 0.717) is 5.69 Å². The Morgan fingerprint density at radius 1 is 1.32 bits per heavy atom. The summed E-state index contributed by atoms with van der Waals surface area (Å²) < 4.78 is 5.02. The van der Waals surface area contributed by atoms with Crippen LogP contribution in [-0.4, -0.2) is 34.3 Å². The van der Waals surface area contributed by atoms with Crippen molar-refractivity contribution in [3.8, 4) is 5.75 Å². The highest BCUT2D eigenvalue weighted by Crippen LogP contribution is 2.23. The average Bonchev–Trinajstić information content (AvgIpc) is 2.97. The van der Waals surface area contributed by atoms with Crippen molar-refractivity contribution in [1.82, 2.24) is 10.2 Å². The number of H-pyrrole nitrogens is 1. The highest BCUT2D eigenvalue weighted by molar-refractivity contribution is 6.03. The normalized spacial score (nSPS) is 10.5. The maximum Gasteiger partial charge on any atom is 0.339 e. The van der Waals surface area contributed by atoms with Crippen LogP contribution in [0, 0.1) is 0 Å². The molecule has 2 aromatic rings. The Labute approximate surface area is 127 Å². The summed E-state index contributed by atoms with van der Waals surface area (Å²) in [5, 5.41) is 18.4. The van der Waals surface area contributed by atoms with Crippen molar-refractivity contribution in [2.75, 3.05) is 12.4 Å². The van der Waals surface area contributed by atoms with E-state index in [1.54, 1.807) is 6.07 Å². The molecule has 1 aromatic heterocycles. The maximum atomic E-state index is 12.1. The SMILES string of the molecule is COc1cc(NC(=O)c2cc(C(C)C)[nH]n2)ccc1C(=O)O. The number of carbonyl (C=O) groups is 2. The van der Waals surface area contributed by atoms with Gasteiger partial charge in [-0.2, -0.15) is 5.10 Å². The molecule has 7 nitrogen and oxygen atoms in total. The summed E-state index contributed by atoms with van der Waals surface area (Å²) in [5.74, 6) is -1.06. The van der Waals surface area contributed by atoms with Crippen molar-refractivity contribution in [2.24, 2.45) is 0 Å². The number of hydrogen-bond donors (Lipinski definition) is 3. The lowest BCUT2D eigenvalue weighted by Gasteiger charge is -2.08. The van der Waals surface area contributed by atoms with Crippen LogP contribution in [0.5, 0.6) is 5.75 Å². The first kappa shape index (κ1) is 15.6. The van der Waals surface area contributed by atoms with Crippen LogP contribution in [0.4, 0.5) is 5.69 Å². The summed E-state index contributed by atoms with van der Waals surface area (Å²) in [6.07, 6.45) is 0. The molecule has 116 valence electrons.